The van der Waals surface area contributed by atoms with Crippen LogP contribution in [-0.4, -0.2) is 25.1 Å². The van der Waals surface area contributed by atoms with Gasteiger partial charge in [0, 0.05) is 16.3 Å². The van der Waals surface area contributed by atoms with Gasteiger partial charge in [0.2, 0.25) is 0 Å². The van der Waals surface area contributed by atoms with E-state index in [9.17, 15) is 9.59 Å². The molecule has 0 aliphatic rings. The largest absolute Gasteiger partial charge is 0.496 e. The molecule has 7 nitrogen and oxygen atoms in total. The minimum Gasteiger partial charge on any atom is -0.496 e. The van der Waals surface area contributed by atoms with Crippen LogP contribution in [0.5, 0.6) is 11.5 Å². The average molecular weight is 494 g/mol. The van der Waals surface area contributed by atoms with Gasteiger partial charge in [-0.25, -0.2) is 5.43 Å². The molecular formula is C27H28ClN3O4. The van der Waals surface area contributed by atoms with Crippen LogP contribution >= 0.6 is 11.6 Å². The molecule has 3 rings (SSSR count). The average Bonchev–Trinajstić information content (AvgIpc) is 2.83. The fraction of sp³-hybridized carbons (Fsp3) is 0.222. The summed E-state index contributed by atoms with van der Waals surface area (Å²) in [5, 5.41) is 7.23. The number of nitrogens with one attached hydrogen (secondary N) is 2. The van der Waals surface area contributed by atoms with E-state index in [1.165, 1.54) is 6.21 Å². The molecule has 0 aromatic heterocycles. The van der Waals surface area contributed by atoms with Crippen molar-refractivity contribution in [3.63, 3.8) is 0 Å². The first kappa shape index (κ1) is 25.8. The molecule has 0 radical (unpaired) electrons. The van der Waals surface area contributed by atoms with Crippen LogP contribution < -0.4 is 20.2 Å². The predicted octanol–water partition coefficient (Wildman–Crippen LogP) is 5.25. The Hall–Kier alpha value is -3.84. The normalized spacial score (nSPS) is 10.8. The highest BCUT2D eigenvalue weighted by Gasteiger charge is 2.14. The quantitative estimate of drug-likeness (QED) is 0.267. The number of halogens is 1. The van der Waals surface area contributed by atoms with Gasteiger partial charge >= 0.3 is 11.8 Å². The van der Waals surface area contributed by atoms with Gasteiger partial charge in [-0.15, -0.1) is 0 Å². The number of ether oxygens (including phenoxy) is 2. The number of anilines is 1. The molecule has 0 aliphatic carbocycles. The second kappa shape index (κ2) is 11.5. The van der Waals surface area contributed by atoms with E-state index in [0.29, 0.717) is 22.7 Å². The molecule has 8 heteroatoms. The number of hydrogen-bond acceptors (Lipinski definition) is 5. The van der Waals surface area contributed by atoms with Crippen LogP contribution in [0.2, 0.25) is 5.02 Å². The van der Waals surface area contributed by atoms with E-state index in [0.717, 1.165) is 32.8 Å². The fourth-order valence-electron chi connectivity index (χ4n) is 3.41. The Morgan fingerprint density at radius 2 is 1.66 bits per heavy atom. The zero-order valence-corrected chi connectivity index (χ0v) is 21.1. The number of hydrogen-bond donors (Lipinski definition) is 2. The van der Waals surface area contributed by atoms with E-state index in [1.54, 1.807) is 25.3 Å². The Kier molecular flexibility index (Phi) is 8.49. The molecule has 0 atom stereocenters. The Bertz CT molecular complexity index is 1260. The van der Waals surface area contributed by atoms with Gasteiger partial charge < -0.3 is 14.8 Å². The van der Waals surface area contributed by atoms with Gasteiger partial charge in [-0.05, 0) is 91.9 Å². The van der Waals surface area contributed by atoms with Gasteiger partial charge in [-0.2, -0.15) is 5.10 Å². The minimum atomic E-state index is -0.868. The Morgan fingerprint density at radius 1 is 0.943 bits per heavy atom. The van der Waals surface area contributed by atoms with E-state index < -0.39 is 11.8 Å². The van der Waals surface area contributed by atoms with Crippen molar-refractivity contribution >= 4 is 35.3 Å². The lowest BCUT2D eigenvalue weighted by atomic mass is 10.1. The number of carbonyl (C=O) groups excluding carboxylic acids is 2. The first-order chi connectivity index (χ1) is 16.7. The van der Waals surface area contributed by atoms with Gasteiger partial charge in [-0.3, -0.25) is 9.59 Å². The van der Waals surface area contributed by atoms with Crippen molar-refractivity contribution in [2.75, 3.05) is 12.4 Å². The number of hydrazone groups is 1. The molecular weight excluding hydrogens is 466 g/mol. The summed E-state index contributed by atoms with van der Waals surface area (Å²) in [6.45, 7) is 7.87. The molecule has 2 amide bonds. The Balaban J connectivity index is 1.64. The van der Waals surface area contributed by atoms with E-state index in [1.807, 2.05) is 58.0 Å². The third kappa shape index (κ3) is 6.83. The molecule has 0 heterocycles. The number of benzene rings is 3. The molecule has 3 aromatic carbocycles. The fourth-order valence-corrected chi connectivity index (χ4v) is 3.52. The molecule has 0 unspecified atom stereocenters. The Labute approximate surface area is 210 Å². The van der Waals surface area contributed by atoms with Gasteiger partial charge in [0.25, 0.3) is 0 Å². The lowest BCUT2D eigenvalue weighted by Crippen LogP contribution is -2.32. The summed E-state index contributed by atoms with van der Waals surface area (Å²) in [4.78, 5) is 24.4. The van der Waals surface area contributed by atoms with Crippen molar-refractivity contribution < 1.29 is 19.1 Å². The zero-order chi connectivity index (χ0) is 25.5. The number of carbonyl (C=O) groups is 2. The Morgan fingerprint density at radius 3 is 2.34 bits per heavy atom. The van der Waals surface area contributed by atoms with Crippen molar-refractivity contribution in [2.24, 2.45) is 5.10 Å². The second-order valence-corrected chi connectivity index (χ2v) is 8.58. The van der Waals surface area contributed by atoms with E-state index in [-0.39, 0.29) is 6.61 Å². The molecule has 182 valence electrons. The van der Waals surface area contributed by atoms with Gasteiger partial charge in [0.15, 0.2) is 0 Å². The maximum Gasteiger partial charge on any atom is 0.329 e. The summed E-state index contributed by atoms with van der Waals surface area (Å²) < 4.78 is 11.4. The van der Waals surface area contributed by atoms with E-state index in [4.69, 9.17) is 21.1 Å². The first-order valence-corrected chi connectivity index (χ1v) is 11.3. The predicted molar refractivity (Wildman–Crippen MR) is 139 cm³/mol. The highest BCUT2D eigenvalue weighted by atomic mass is 35.5. The molecule has 3 aromatic rings. The van der Waals surface area contributed by atoms with Gasteiger partial charge in [0.1, 0.15) is 18.1 Å². The zero-order valence-electron chi connectivity index (χ0n) is 20.4. The maximum atomic E-state index is 12.2. The van der Waals surface area contributed by atoms with Crippen molar-refractivity contribution in [1.29, 1.82) is 0 Å². The van der Waals surface area contributed by atoms with Crippen LogP contribution in [0, 0.1) is 27.7 Å². The molecule has 0 aliphatic heterocycles. The summed E-state index contributed by atoms with van der Waals surface area (Å²) >= 11 is 6.23. The van der Waals surface area contributed by atoms with Crippen molar-refractivity contribution in [3.05, 3.63) is 86.9 Å². The third-order valence-corrected chi connectivity index (χ3v) is 5.93. The third-order valence-electron chi connectivity index (χ3n) is 5.34. The van der Waals surface area contributed by atoms with Crippen LogP contribution in [0.15, 0.2) is 53.6 Å². The highest BCUT2D eigenvalue weighted by Crippen LogP contribution is 2.27. The number of rotatable bonds is 7. The van der Waals surface area contributed by atoms with Crippen molar-refractivity contribution in [2.45, 2.75) is 34.3 Å². The highest BCUT2D eigenvalue weighted by molar-refractivity contribution is 6.39. The number of amides is 2. The van der Waals surface area contributed by atoms with Crippen LogP contribution in [-0.2, 0) is 16.2 Å². The summed E-state index contributed by atoms with van der Waals surface area (Å²) in [6, 6.07) is 14.8. The topological polar surface area (TPSA) is 89.0 Å². The van der Waals surface area contributed by atoms with E-state index in [2.05, 4.69) is 15.8 Å². The lowest BCUT2D eigenvalue weighted by Gasteiger charge is -2.13. The van der Waals surface area contributed by atoms with Gasteiger partial charge in [-0.1, -0.05) is 23.7 Å². The van der Waals surface area contributed by atoms with Crippen molar-refractivity contribution in [3.8, 4) is 11.5 Å². The maximum absolute atomic E-state index is 12.2. The van der Waals surface area contributed by atoms with Crippen LogP contribution in [0.3, 0.4) is 0 Å². The summed E-state index contributed by atoms with van der Waals surface area (Å²) in [7, 11) is 1.58. The molecule has 0 bridgehead atoms. The molecule has 2 N–H and O–H groups in total. The monoisotopic (exact) mass is 493 g/mol. The number of methoxy groups -OCH3 is 1. The van der Waals surface area contributed by atoms with Crippen LogP contribution in [0.25, 0.3) is 0 Å². The molecule has 0 spiro atoms. The standard InChI is InChI=1S/C27H28ClN3O4/c1-16-6-7-17(2)23(10-16)30-26(32)27(33)31-29-14-20-8-9-24(34-5)21(13-20)15-35-22-11-18(3)25(28)19(4)12-22/h6-14H,15H2,1-5H3,(H,30,32)(H,31,33)/b29-14+. The molecule has 35 heavy (non-hydrogen) atoms. The van der Waals surface area contributed by atoms with Crippen molar-refractivity contribution in [1.82, 2.24) is 5.43 Å². The number of aryl methyl sites for hydroxylation is 4. The van der Waals surface area contributed by atoms with Crippen LogP contribution in [0.4, 0.5) is 5.69 Å². The lowest BCUT2D eigenvalue weighted by molar-refractivity contribution is -0.136. The van der Waals surface area contributed by atoms with Crippen LogP contribution in [0.1, 0.15) is 33.4 Å². The first-order valence-electron chi connectivity index (χ1n) is 11.0. The van der Waals surface area contributed by atoms with Gasteiger partial charge in [0.05, 0.1) is 13.3 Å². The summed E-state index contributed by atoms with van der Waals surface area (Å²) in [5.41, 5.74) is 8.03. The smallest absolute Gasteiger partial charge is 0.329 e. The second-order valence-electron chi connectivity index (χ2n) is 8.20. The summed E-state index contributed by atoms with van der Waals surface area (Å²) in [6.07, 6.45) is 1.45. The molecule has 0 saturated carbocycles. The summed E-state index contributed by atoms with van der Waals surface area (Å²) in [5.74, 6) is -0.310. The minimum absolute atomic E-state index is 0.260. The molecule has 0 fully saturated rings. The number of nitrogens with zero attached hydrogens (tertiary/aromatic N) is 1. The van der Waals surface area contributed by atoms with E-state index >= 15 is 0 Å². The molecule has 0 saturated heterocycles. The SMILES string of the molecule is COc1ccc(/C=N/NC(=O)C(=O)Nc2cc(C)ccc2C)cc1COc1cc(C)c(Cl)c(C)c1.